The number of rotatable bonds is 4. The number of nitrogens with zero attached hydrogens (tertiary/aromatic N) is 2. The minimum Gasteiger partial charge on any atom is -0.459 e. The first kappa shape index (κ1) is 16.1. The number of benzene rings is 1. The fraction of sp³-hybridized carbons (Fsp3) is 0.412. The van der Waals surface area contributed by atoms with Crippen molar-refractivity contribution in [3.8, 4) is 5.69 Å². The van der Waals surface area contributed by atoms with Gasteiger partial charge in [0, 0.05) is 24.1 Å². The number of nitrogens with one attached hydrogen (secondary N) is 1. The van der Waals surface area contributed by atoms with Gasteiger partial charge in [0.05, 0.1) is 29.6 Å². The highest BCUT2D eigenvalue weighted by molar-refractivity contribution is 7.56. The monoisotopic (exact) mass is 332 g/mol. The van der Waals surface area contributed by atoms with Crippen LogP contribution in [0, 0.1) is 0 Å². The van der Waals surface area contributed by atoms with Gasteiger partial charge in [0.25, 0.3) is 0 Å². The van der Waals surface area contributed by atoms with Gasteiger partial charge in [-0.15, -0.1) is 4.72 Å². The quantitative estimate of drug-likeness (QED) is 0.690. The van der Waals surface area contributed by atoms with Gasteiger partial charge >= 0.3 is 5.97 Å². The molecule has 0 aliphatic heterocycles. The first-order valence-corrected chi connectivity index (χ1v) is 8.40. The van der Waals surface area contributed by atoms with Crippen molar-refractivity contribution >= 4 is 18.8 Å². The fourth-order valence-corrected chi connectivity index (χ4v) is 3.28. The molecule has 0 spiro atoms. The van der Waals surface area contributed by atoms with Gasteiger partial charge in [0.15, 0.2) is 0 Å². The Labute approximate surface area is 141 Å². The van der Waals surface area contributed by atoms with E-state index in [0.717, 1.165) is 24.9 Å². The van der Waals surface area contributed by atoms with Gasteiger partial charge in [-0.25, -0.2) is 9.48 Å². The number of hydrogen-bond donors (Lipinski definition) is 1. The van der Waals surface area contributed by atoms with Crippen LogP contribution in [0.15, 0.2) is 30.5 Å². The molecule has 5 nitrogen and oxygen atoms in total. The number of hydrogen-bond acceptors (Lipinski definition) is 4. The number of carbonyl (C=O) groups is 1. The highest BCUT2D eigenvalue weighted by atomic mass is 32.1. The van der Waals surface area contributed by atoms with E-state index in [4.69, 9.17) is 4.74 Å². The topological polar surface area (TPSA) is 56.2 Å². The molecule has 6 heteroatoms. The second-order valence-electron chi connectivity index (χ2n) is 6.05. The van der Waals surface area contributed by atoms with Crippen LogP contribution < -0.4 is 4.72 Å². The zero-order chi connectivity index (χ0) is 16.4. The molecule has 1 aliphatic rings. The zero-order valence-electron chi connectivity index (χ0n) is 13.4. The molecule has 23 heavy (non-hydrogen) atoms. The maximum atomic E-state index is 12.1. The van der Waals surface area contributed by atoms with Crippen molar-refractivity contribution < 1.29 is 9.53 Å². The Kier molecular flexibility index (Phi) is 4.73. The van der Waals surface area contributed by atoms with Crippen LogP contribution in [0.25, 0.3) is 5.69 Å². The molecule has 1 atom stereocenters. The highest BCUT2D eigenvalue weighted by Gasteiger charge is 2.25. The van der Waals surface area contributed by atoms with Crippen LogP contribution in [0.4, 0.5) is 0 Å². The van der Waals surface area contributed by atoms with Crippen molar-refractivity contribution in [1.29, 1.82) is 0 Å². The Morgan fingerprint density at radius 1 is 1.48 bits per heavy atom. The lowest BCUT2D eigenvalue weighted by Crippen LogP contribution is -2.20. The standard InChI is InChI=1S/C17H21N3O2S/c1-11(2)22-17(21)12-5-3-6-13(9-12)20-16-8-4-7-15(19-23)14(16)10-18-20/h3,5-6,9-11,15,19,23H,4,7-8H2,1-2H3/p+1/t15-/m1/s1. The maximum Gasteiger partial charge on any atom is 0.338 e. The van der Waals surface area contributed by atoms with E-state index in [1.807, 2.05) is 42.9 Å². The number of fused-ring (bicyclic) bond motifs is 1. The van der Waals surface area contributed by atoms with E-state index in [1.54, 1.807) is 6.07 Å². The van der Waals surface area contributed by atoms with Crippen LogP contribution >= 0.6 is 0 Å². The van der Waals surface area contributed by atoms with Gasteiger partial charge in [-0.1, -0.05) is 6.07 Å². The van der Waals surface area contributed by atoms with Crippen molar-refractivity contribution in [3.63, 3.8) is 0 Å². The normalized spacial score (nSPS) is 17.1. The van der Waals surface area contributed by atoms with E-state index >= 15 is 0 Å². The third-order valence-corrected chi connectivity index (χ3v) is 4.37. The van der Waals surface area contributed by atoms with Crippen molar-refractivity contribution in [2.75, 3.05) is 0 Å². The number of esters is 1. The molecule has 0 amide bonds. The molecule has 0 saturated heterocycles. The average Bonchev–Trinajstić information content (AvgIpc) is 2.98. The molecule has 2 aromatic rings. The molecule has 0 fully saturated rings. The van der Waals surface area contributed by atoms with Crippen LogP contribution in [0.1, 0.15) is 54.3 Å². The molecule has 0 unspecified atom stereocenters. The molecule has 1 heterocycles. The van der Waals surface area contributed by atoms with Crippen molar-refractivity contribution in [2.45, 2.75) is 45.3 Å². The molecule has 0 saturated carbocycles. The minimum atomic E-state index is -0.303. The van der Waals surface area contributed by atoms with Gasteiger partial charge in [-0.2, -0.15) is 5.10 Å². The Morgan fingerprint density at radius 3 is 3.04 bits per heavy atom. The zero-order valence-corrected chi connectivity index (χ0v) is 14.4. The van der Waals surface area contributed by atoms with Crippen LogP contribution in [0.2, 0.25) is 0 Å². The molecular weight excluding hydrogens is 310 g/mol. The van der Waals surface area contributed by atoms with Crippen molar-refractivity contribution in [3.05, 3.63) is 47.3 Å². The summed E-state index contributed by atoms with van der Waals surface area (Å²) in [5, 5.41) is 4.53. The third-order valence-electron chi connectivity index (χ3n) is 4.03. The molecule has 1 N–H and O–H groups in total. The second-order valence-corrected chi connectivity index (χ2v) is 6.34. The molecule has 0 radical (unpaired) electrons. The fourth-order valence-electron chi connectivity index (χ4n) is 2.98. The highest BCUT2D eigenvalue weighted by Crippen LogP contribution is 2.30. The molecule has 0 bridgehead atoms. The van der Waals surface area contributed by atoms with Crippen LogP contribution in [-0.2, 0) is 24.0 Å². The number of ether oxygens (including phenoxy) is 1. The summed E-state index contributed by atoms with van der Waals surface area (Å²) in [5.74, 6) is -0.303. The minimum absolute atomic E-state index is 0.130. The molecule has 1 aromatic heterocycles. The summed E-state index contributed by atoms with van der Waals surface area (Å²) in [6.07, 6.45) is 4.96. The Morgan fingerprint density at radius 2 is 2.30 bits per heavy atom. The van der Waals surface area contributed by atoms with E-state index in [2.05, 4.69) is 22.6 Å². The predicted molar refractivity (Wildman–Crippen MR) is 93.1 cm³/mol. The summed E-state index contributed by atoms with van der Waals surface area (Å²) < 4.78 is 10.4. The van der Waals surface area contributed by atoms with Gasteiger partial charge < -0.3 is 4.74 Å². The van der Waals surface area contributed by atoms with E-state index in [0.29, 0.717) is 5.56 Å². The predicted octanol–water partition coefficient (Wildman–Crippen LogP) is 2.33. The van der Waals surface area contributed by atoms with E-state index in [1.165, 1.54) is 11.3 Å². The van der Waals surface area contributed by atoms with E-state index in [9.17, 15) is 4.79 Å². The summed E-state index contributed by atoms with van der Waals surface area (Å²) in [6, 6.07) is 7.71. The lowest BCUT2D eigenvalue weighted by atomic mass is 9.93. The summed E-state index contributed by atoms with van der Waals surface area (Å²) in [7, 11) is 0. The lowest BCUT2D eigenvalue weighted by Gasteiger charge is -2.20. The molecular formula is C17H22N3O2S+. The molecule has 1 aromatic carbocycles. The third kappa shape index (κ3) is 3.28. The lowest BCUT2D eigenvalue weighted by molar-refractivity contribution is 0.0378. The average molecular weight is 332 g/mol. The van der Waals surface area contributed by atoms with Crippen LogP contribution in [-0.4, -0.2) is 21.9 Å². The Hall–Kier alpha value is -1.79. The van der Waals surface area contributed by atoms with Crippen molar-refractivity contribution in [2.24, 2.45) is 0 Å². The maximum absolute atomic E-state index is 12.1. The number of aromatic nitrogens is 2. The smallest absolute Gasteiger partial charge is 0.338 e. The van der Waals surface area contributed by atoms with Crippen molar-refractivity contribution in [1.82, 2.24) is 14.5 Å². The largest absolute Gasteiger partial charge is 0.459 e. The summed E-state index contributed by atoms with van der Waals surface area (Å²) in [6.45, 7) is 3.69. The van der Waals surface area contributed by atoms with E-state index in [-0.39, 0.29) is 18.1 Å². The van der Waals surface area contributed by atoms with Gasteiger partial charge in [0.1, 0.15) is 0 Å². The first-order valence-electron chi connectivity index (χ1n) is 7.90. The van der Waals surface area contributed by atoms with Gasteiger partial charge in [0.2, 0.25) is 0 Å². The van der Waals surface area contributed by atoms with Gasteiger partial charge in [-0.3, -0.25) is 0 Å². The summed E-state index contributed by atoms with van der Waals surface area (Å²) >= 11 is 3.40. The first-order chi connectivity index (χ1) is 11.1. The van der Waals surface area contributed by atoms with Gasteiger partial charge in [-0.05, 0) is 51.3 Å². The Bertz CT molecular complexity index is 712. The van der Waals surface area contributed by atoms with E-state index < -0.39 is 0 Å². The Balaban J connectivity index is 1.94. The summed E-state index contributed by atoms with van der Waals surface area (Å²) in [5.41, 5.74) is 3.84. The second kappa shape index (κ2) is 6.76. The molecule has 122 valence electrons. The SMILES string of the molecule is CC(C)OC(=O)c1cccc(-n2ncc3c2CCC[C@H]3N[SH2+])c1. The molecule has 1 aliphatic carbocycles. The molecule has 3 rings (SSSR count). The van der Waals surface area contributed by atoms with Crippen LogP contribution in [0.5, 0.6) is 0 Å². The van der Waals surface area contributed by atoms with Crippen LogP contribution in [0.3, 0.4) is 0 Å². The summed E-state index contributed by atoms with van der Waals surface area (Å²) in [4.78, 5) is 12.1. The number of carbonyl (C=O) groups excluding carboxylic acids is 1.